The van der Waals surface area contributed by atoms with E-state index in [2.05, 4.69) is 20.2 Å². The van der Waals surface area contributed by atoms with Crippen LogP contribution >= 0.6 is 0 Å². The molecule has 2 N–H and O–H groups in total. The second-order valence-corrected chi connectivity index (χ2v) is 3.58. The summed E-state index contributed by atoms with van der Waals surface area (Å²) in [4.78, 5) is 7.11. The minimum absolute atomic E-state index is 0.0411. The number of nitrogens with zero attached hydrogens (tertiary/aromatic N) is 4. The highest BCUT2D eigenvalue weighted by Crippen LogP contribution is 2.30. The van der Waals surface area contributed by atoms with Gasteiger partial charge in [-0.3, -0.25) is 0 Å². The third-order valence-corrected chi connectivity index (χ3v) is 2.12. The summed E-state index contributed by atoms with van der Waals surface area (Å²) in [6, 6.07) is 2.37. The topological polar surface area (TPSA) is 77.6 Å². The van der Waals surface area contributed by atoms with Crippen molar-refractivity contribution in [3.8, 4) is 11.3 Å². The predicted octanol–water partition coefficient (Wildman–Crippen LogP) is 1.84. The van der Waals surface area contributed by atoms with E-state index in [-0.39, 0.29) is 22.9 Å². The lowest BCUT2D eigenvalue weighted by molar-refractivity contribution is -0.141. The van der Waals surface area contributed by atoms with Crippen molar-refractivity contribution in [3.05, 3.63) is 29.7 Å². The minimum atomic E-state index is -4.50. The van der Waals surface area contributed by atoms with E-state index in [0.29, 0.717) is 0 Å². The number of nitrogen functional groups attached to an aromatic ring is 1. The Labute approximate surface area is 99.9 Å². The fourth-order valence-corrected chi connectivity index (χ4v) is 1.38. The molecule has 2 heterocycles. The van der Waals surface area contributed by atoms with Gasteiger partial charge in [0.2, 0.25) is 5.95 Å². The summed E-state index contributed by atoms with van der Waals surface area (Å²) in [5, 5.41) is 7.17. The van der Waals surface area contributed by atoms with E-state index in [0.717, 1.165) is 6.07 Å². The zero-order valence-corrected chi connectivity index (χ0v) is 9.23. The van der Waals surface area contributed by atoms with Gasteiger partial charge < -0.3 is 5.73 Å². The zero-order valence-electron chi connectivity index (χ0n) is 9.23. The van der Waals surface area contributed by atoms with Gasteiger partial charge in [-0.25, -0.2) is 9.97 Å². The maximum atomic E-state index is 12.6. The summed E-state index contributed by atoms with van der Waals surface area (Å²) in [5.41, 5.74) is 4.97. The van der Waals surface area contributed by atoms with Crippen molar-refractivity contribution in [1.29, 1.82) is 0 Å². The highest BCUT2D eigenvalue weighted by atomic mass is 19.4. The van der Waals surface area contributed by atoms with E-state index in [9.17, 15) is 13.2 Å². The third kappa shape index (κ3) is 2.53. The largest absolute Gasteiger partial charge is 0.433 e. The average Bonchev–Trinajstić information content (AvgIpc) is 2.28. The molecule has 0 amide bonds. The van der Waals surface area contributed by atoms with Crippen molar-refractivity contribution in [2.75, 3.05) is 5.73 Å². The number of hydrogen-bond acceptors (Lipinski definition) is 5. The fourth-order valence-electron chi connectivity index (χ4n) is 1.38. The SMILES string of the molecule is Cc1cc(-c2cnc(N)nn2)cc(C(F)(F)F)n1. The predicted molar refractivity (Wildman–Crippen MR) is 57.2 cm³/mol. The molecule has 2 aromatic heterocycles. The van der Waals surface area contributed by atoms with Gasteiger partial charge in [0.1, 0.15) is 11.4 Å². The molecule has 0 spiro atoms. The van der Waals surface area contributed by atoms with Crippen molar-refractivity contribution in [2.24, 2.45) is 0 Å². The molecular weight excluding hydrogens is 247 g/mol. The molecule has 0 unspecified atom stereocenters. The van der Waals surface area contributed by atoms with Crippen LogP contribution in [0.4, 0.5) is 19.1 Å². The summed E-state index contributed by atoms with van der Waals surface area (Å²) in [5.74, 6) is -0.0411. The van der Waals surface area contributed by atoms with Crippen molar-refractivity contribution >= 4 is 5.95 Å². The number of hydrogen-bond donors (Lipinski definition) is 1. The van der Waals surface area contributed by atoms with Crippen LogP contribution in [-0.2, 0) is 6.18 Å². The van der Waals surface area contributed by atoms with Gasteiger partial charge >= 0.3 is 6.18 Å². The summed E-state index contributed by atoms with van der Waals surface area (Å²) in [6.07, 6.45) is -3.24. The maximum absolute atomic E-state index is 12.6. The van der Waals surface area contributed by atoms with Crippen LogP contribution in [0, 0.1) is 6.92 Å². The van der Waals surface area contributed by atoms with Crippen molar-refractivity contribution in [1.82, 2.24) is 20.2 Å². The van der Waals surface area contributed by atoms with Crippen molar-refractivity contribution < 1.29 is 13.2 Å². The molecule has 0 aliphatic carbocycles. The number of rotatable bonds is 1. The lowest BCUT2D eigenvalue weighted by Gasteiger charge is -2.08. The van der Waals surface area contributed by atoms with E-state index >= 15 is 0 Å². The standard InChI is InChI=1S/C10H8F3N5/c1-5-2-6(3-8(16-5)10(11,12)13)7-4-15-9(14)18-17-7/h2-4H,1H3,(H2,14,15,18). The molecule has 0 saturated heterocycles. The summed E-state index contributed by atoms with van der Waals surface area (Å²) in [6.45, 7) is 1.47. The maximum Gasteiger partial charge on any atom is 0.433 e. The molecular formula is C10H8F3N5. The monoisotopic (exact) mass is 255 g/mol. The van der Waals surface area contributed by atoms with Crippen LogP contribution in [0.5, 0.6) is 0 Å². The smallest absolute Gasteiger partial charge is 0.366 e. The van der Waals surface area contributed by atoms with Crippen LogP contribution in [0.25, 0.3) is 11.3 Å². The quantitative estimate of drug-likeness (QED) is 0.841. The first-order valence-corrected chi connectivity index (χ1v) is 4.88. The van der Waals surface area contributed by atoms with Crippen LogP contribution in [-0.4, -0.2) is 20.2 Å². The highest BCUT2D eigenvalue weighted by molar-refractivity contribution is 5.58. The Morgan fingerprint density at radius 2 is 1.89 bits per heavy atom. The van der Waals surface area contributed by atoms with Crippen LogP contribution in [0.15, 0.2) is 18.3 Å². The molecule has 0 atom stereocenters. The molecule has 18 heavy (non-hydrogen) atoms. The van der Waals surface area contributed by atoms with Gasteiger partial charge in [0.05, 0.1) is 6.20 Å². The first kappa shape index (κ1) is 12.2. The Balaban J connectivity index is 2.52. The van der Waals surface area contributed by atoms with Gasteiger partial charge in [0, 0.05) is 11.3 Å². The number of anilines is 1. The average molecular weight is 255 g/mol. The Morgan fingerprint density at radius 3 is 2.44 bits per heavy atom. The molecule has 0 aromatic carbocycles. The molecule has 2 aromatic rings. The van der Waals surface area contributed by atoms with Gasteiger partial charge in [-0.1, -0.05) is 0 Å². The van der Waals surface area contributed by atoms with Gasteiger partial charge in [0.25, 0.3) is 0 Å². The second kappa shape index (κ2) is 4.21. The summed E-state index contributed by atoms with van der Waals surface area (Å²) in [7, 11) is 0. The number of pyridine rings is 1. The molecule has 0 aliphatic heterocycles. The zero-order chi connectivity index (χ0) is 13.3. The first-order chi connectivity index (χ1) is 8.36. The normalized spacial score (nSPS) is 11.6. The number of aryl methyl sites for hydroxylation is 1. The molecule has 5 nitrogen and oxygen atoms in total. The molecule has 0 radical (unpaired) electrons. The van der Waals surface area contributed by atoms with E-state index in [1.54, 1.807) is 0 Å². The van der Waals surface area contributed by atoms with Crippen LogP contribution in [0.1, 0.15) is 11.4 Å². The van der Waals surface area contributed by atoms with E-state index in [1.165, 1.54) is 19.2 Å². The Kier molecular flexibility index (Phi) is 2.85. The second-order valence-electron chi connectivity index (χ2n) is 3.58. The van der Waals surface area contributed by atoms with Crippen LogP contribution < -0.4 is 5.73 Å². The van der Waals surface area contributed by atoms with Gasteiger partial charge in [0.15, 0.2) is 0 Å². The Hall–Kier alpha value is -2.25. The van der Waals surface area contributed by atoms with Crippen molar-refractivity contribution in [2.45, 2.75) is 13.1 Å². The number of halogens is 3. The first-order valence-electron chi connectivity index (χ1n) is 4.88. The lowest BCUT2D eigenvalue weighted by atomic mass is 10.1. The Morgan fingerprint density at radius 1 is 1.17 bits per heavy atom. The summed E-state index contributed by atoms with van der Waals surface area (Å²) >= 11 is 0. The van der Waals surface area contributed by atoms with Gasteiger partial charge in [-0.15, -0.1) is 10.2 Å². The van der Waals surface area contributed by atoms with E-state index in [1.807, 2.05) is 0 Å². The lowest BCUT2D eigenvalue weighted by Crippen LogP contribution is -2.09. The highest BCUT2D eigenvalue weighted by Gasteiger charge is 2.33. The molecule has 8 heteroatoms. The third-order valence-electron chi connectivity index (χ3n) is 2.12. The molecule has 0 fully saturated rings. The minimum Gasteiger partial charge on any atom is -0.366 e. The fraction of sp³-hybridized carbons (Fsp3) is 0.200. The van der Waals surface area contributed by atoms with Gasteiger partial charge in [-0.05, 0) is 19.1 Å². The number of nitrogens with two attached hydrogens (primary N) is 1. The molecule has 94 valence electrons. The summed E-state index contributed by atoms with van der Waals surface area (Å²) < 4.78 is 37.8. The van der Waals surface area contributed by atoms with Crippen LogP contribution in [0.2, 0.25) is 0 Å². The van der Waals surface area contributed by atoms with E-state index in [4.69, 9.17) is 5.73 Å². The molecule has 2 rings (SSSR count). The number of alkyl halides is 3. The van der Waals surface area contributed by atoms with E-state index < -0.39 is 11.9 Å². The van der Waals surface area contributed by atoms with Crippen molar-refractivity contribution in [3.63, 3.8) is 0 Å². The van der Waals surface area contributed by atoms with Gasteiger partial charge in [-0.2, -0.15) is 13.2 Å². The molecule has 0 aliphatic rings. The number of aromatic nitrogens is 4. The molecule has 0 saturated carbocycles. The molecule has 0 bridgehead atoms. The van der Waals surface area contributed by atoms with Crippen LogP contribution in [0.3, 0.4) is 0 Å². The Bertz CT molecular complexity index is 565.